The third-order valence-electron chi connectivity index (χ3n) is 3.29. The van der Waals surface area contributed by atoms with Crippen LogP contribution < -0.4 is 10.6 Å². The summed E-state index contributed by atoms with van der Waals surface area (Å²) in [4.78, 5) is 9.14. The standard InChI is InChI=1S/C16H30N4O/c1-11(2)7-9-21-10-8-18-16-13(5)15(17-6)19-14(20-16)12(3)4/h11-12H,7-10H2,1-6H3,(H2,17,18,19,20). The smallest absolute Gasteiger partial charge is 0.135 e. The van der Waals surface area contributed by atoms with Gasteiger partial charge in [-0.1, -0.05) is 27.7 Å². The second-order valence-corrected chi connectivity index (χ2v) is 6.03. The number of nitrogens with one attached hydrogen (secondary N) is 2. The molecule has 1 aromatic heterocycles. The van der Waals surface area contributed by atoms with Gasteiger partial charge in [0.1, 0.15) is 17.5 Å². The molecule has 0 aliphatic heterocycles. The Hall–Kier alpha value is -1.36. The van der Waals surface area contributed by atoms with Crippen molar-refractivity contribution in [3.63, 3.8) is 0 Å². The molecule has 1 heterocycles. The normalized spacial score (nSPS) is 11.2. The van der Waals surface area contributed by atoms with Crippen LogP contribution in [0.15, 0.2) is 0 Å². The third-order valence-corrected chi connectivity index (χ3v) is 3.29. The molecule has 0 bridgehead atoms. The molecule has 0 spiro atoms. The molecule has 2 N–H and O–H groups in total. The van der Waals surface area contributed by atoms with Crippen molar-refractivity contribution in [1.82, 2.24) is 9.97 Å². The molecule has 5 heteroatoms. The minimum Gasteiger partial charge on any atom is -0.380 e. The van der Waals surface area contributed by atoms with Crippen LogP contribution in [0.3, 0.4) is 0 Å². The fourth-order valence-electron chi connectivity index (χ4n) is 1.87. The van der Waals surface area contributed by atoms with E-state index in [4.69, 9.17) is 4.74 Å². The van der Waals surface area contributed by atoms with Gasteiger partial charge in [0.2, 0.25) is 0 Å². The fraction of sp³-hybridized carbons (Fsp3) is 0.750. The highest BCUT2D eigenvalue weighted by Crippen LogP contribution is 2.22. The van der Waals surface area contributed by atoms with Crippen LogP contribution in [0.4, 0.5) is 11.6 Å². The maximum absolute atomic E-state index is 5.62. The summed E-state index contributed by atoms with van der Waals surface area (Å²) < 4.78 is 5.62. The molecule has 0 unspecified atom stereocenters. The Labute approximate surface area is 128 Å². The molecule has 0 saturated heterocycles. The van der Waals surface area contributed by atoms with Crippen molar-refractivity contribution >= 4 is 11.6 Å². The van der Waals surface area contributed by atoms with Crippen LogP contribution in [0.25, 0.3) is 0 Å². The Morgan fingerprint density at radius 2 is 1.71 bits per heavy atom. The summed E-state index contributed by atoms with van der Waals surface area (Å²) >= 11 is 0. The Morgan fingerprint density at radius 1 is 1.05 bits per heavy atom. The van der Waals surface area contributed by atoms with E-state index in [9.17, 15) is 0 Å². The number of ether oxygens (including phenoxy) is 1. The zero-order valence-electron chi connectivity index (χ0n) is 14.3. The minimum atomic E-state index is 0.306. The average molecular weight is 294 g/mol. The molecule has 0 saturated carbocycles. The van der Waals surface area contributed by atoms with Crippen molar-refractivity contribution in [3.05, 3.63) is 11.4 Å². The van der Waals surface area contributed by atoms with E-state index in [0.29, 0.717) is 18.4 Å². The highest BCUT2D eigenvalue weighted by Gasteiger charge is 2.11. The van der Waals surface area contributed by atoms with Crippen molar-refractivity contribution < 1.29 is 4.74 Å². The molecule has 0 aliphatic rings. The largest absolute Gasteiger partial charge is 0.380 e. The van der Waals surface area contributed by atoms with E-state index in [1.165, 1.54) is 0 Å². The van der Waals surface area contributed by atoms with E-state index < -0.39 is 0 Å². The summed E-state index contributed by atoms with van der Waals surface area (Å²) in [7, 11) is 1.89. The quantitative estimate of drug-likeness (QED) is 0.683. The molecule has 1 rings (SSSR count). The fourth-order valence-corrected chi connectivity index (χ4v) is 1.87. The number of aromatic nitrogens is 2. The van der Waals surface area contributed by atoms with Gasteiger partial charge in [-0.15, -0.1) is 0 Å². The lowest BCUT2D eigenvalue weighted by atomic mass is 10.1. The maximum Gasteiger partial charge on any atom is 0.135 e. The van der Waals surface area contributed by atoms with Gasteiger partial charge in [-0.05, 0) is 19.3 Å². The van der Waals surface area contributed by atoms with Crippen molar-refractivity contribution in [1.29, 1.82) is 0 Å². The van der Waals surface area contributed by atoms with Crippen LogP contribution in [0.5, 0.6) is 0 Å². The van der Waals surface area contributed by atoms with E-state index >= 15 is 0 Å². The van der Waals surface area contributed by atoms with Crippen molar-refractivity contribution in [2.75, 3.05) is 37.4 Å². The summed E-state index contributed by atoms with van der Waals surface area (Å²) in [6, 6.07) is 0. The van der Waals surface area contributed by atoms with E-state index in [1.807, 2.05) is 14.0 Å². The second kappa shape index (κ2) is 8.82. The Morgan fingerprint density at radius 3 is 2.29 bits per heavy atom. The van der Waals surface area contributed by atoms with E-state index in [2.05, 4.69) is 48.3 Å². The van der Waals surface area contributed by atoms with Gasteiger partial charge in [-0.3, -0.25) is 0 Å². The molecule has 0 radical (unpaired) electrons. The van der Waals surface area contributed by atoms with Crippen LogP contribution in [-0.4, -0.2) is 36.8 Å². The Balaban J connectivity index is 2.55. The zero-order valence-corrected chi connectivity index (χ0v) is 14.3. The van der Waals surface area contributed by atoms with Crippen molar-refractivity contribution in [2.45, 2.75) is 47.0 Å². The second-order valence-electron chi connectivity index (χ2n) is 6.03. The third kappa shape index (κ3) is 5.87. The van der Waals surface area contributed by atoms with Crippen LogP contribution in [0.2, 0.25) is 0 Å². The first kappa shape index (κ1) is 17.7. The van der Waals surface area contributed by atoms with Crippen LogP contribution >= 0.6 is 0 Å². The van der Waals surface area contributed by atoms with Crippen LogP contribution in [0.1, 0.15) is 51.4 Å². The van der Waals surface area contributed by atoms with E-state index in [1.54, 1.807) is 0 Å². The topological polar surface area (TPSA) is 59.1 Å². The first-order valence-corrected chi connectivity index (χ1v) is 7.83. The lowest BCUT2D eigenvalue weighted by Gasteiger charge is -2.15. The molecule has 1 aromatic rings. The molecule has 0 aliphatic carbocycles. The number of nitrogens with zero attached hydrogens (tertiary/aromatic N) is 2. The summed E-state index contributed by atoms with van der Waals surface area (Å²) in [6.45, 7) is 12.9. The molecule has 0 aromatic carbocycles. The first-order chi connectivity index (χ1) is 9.95. The maximum atomic E-state index is 5.62. The molecule has 120 valence electrons. The molecule has 21 heavy (non-hydrogen) atoms. The van der Waals surface area contributed by atoms with Gasteiger partial charge in [0.25, 0.3) is 0 Å². The summed E-state index contributed by atoms with van der Waals surface area (Å²) in [6.07, 6.45) is 1.11. The zero-order chi connectivity index (χ0) is 15.8. The monoisotopic (exact) mass is 294 g/mol. The minimum absolute atomic E-state index is 0.306. The van der Waals surface area contributed by atoms with Gasteiger partial charge in [0.05, 0.1) is 6.61 Å². The van der Waals surface area contributed by atoms with E-state index in [-0.39, 0.29) is 0 Å². The van der Waals surface area contributed by atoms with Gasteiger partial charge >= 0.3 is 0 Å². The molecule has 0 fully saturated rings. The lowest BCUT2D eigenvalue weighted by Crippen LogP contribution is -2.15. The first-order valence-electron chi connectivity index (χ1n) is 7.83. The van der Waals surface area contributed by atoms with Gasteiger partial charge < -0.3 is 15.4 Å². The van der Waals surface area contributed by atoms with Gasteiger partial charge in [-0.2, -0.15) is 0 Å². The summed E-state index contributed by atoms with van der Waals surface area (Å²) in [5.41, 5.74) is 1.05. The molecular formula is C16H30N4O. The summed E-state index contributed by atoms with van der Waals surface area (Å²) in [5, 5.41) is 6.49. The van der Waals surface area contributed by atoms with Crippen molar-refractivity contribution in [3.8, 4) is 0 Å². The number of anilines is 2. The predicted octanol–water partition coefficient (Wildman–Crippen LogP) is 3.42. The lowest BCUT2D eigenvalue weighted by molar-refractivity contribution is 0.132. The SMILES string of the molecule is CNc1nc(C(C)C)nc(NCCOCCC(C)C)c1C. The Kier molecular flexibility index (Phi) is 7.43. The number of hydrogen-bond donors (Lipinski definition) is 2. The Bertz CT molecular complexity index is 433. The highest BCUT2D eigenvalue weighted by atomic mass is 16.5. The van der Waals surface area contributed by atoms with Crippen LogP contribution in [-0.2, 0) is 4.74 Å². The number of hydrogen-bond acceptors (Lipinski definition) is 5. The van der Waals surface area contributed by atoms with Crippen molar-refractivity contribution in [2.24, 2.45) is 5.92 Å². The predicted molar refractivity (Wildman–Crippen MR) is 89.2 cm³/mol. The number of rotatable bonds is 9. The van der Waals surface area contributed by atoms with E-state index in [0.717, 1.165) is 42.6 Å². The molecule has 0 atom stereocenters. The molecule has 0 amide bonds. The van der Waals surface area contributed by atoms with Crippen LogP contribution in [0, 0.1) is 12.8 Å². The van der Waals surface area contributed by atoms with Gasteiger partial charge in [0, 0.05) is 31.7 Å². The van der Waals surface area contributed by atoms with Gasteiger partial charge in [-0.25, -0.2) is 9.97 Å². The highest BCUT2D eigenvalue weighted by molar-refractivity contribution is 5.57. The molecule has 5 nitrogen and oxygen atoms in total. The van der Waals surface area contributed by atoms with Gasteiger partial charge in [0.15, 0.2) is 0 Å². The average Bonchev–Trinajstić information content (AvgIpc) is 2.43. The molecular weight excluding hydrogens is 264 g/mol. The summed E-state index contributed by atoms with van der Waals surface area (Å²) in [5.74, 6) is 3.63.